The lowest BCUT2D eigenvalue weighted by atomic mass is 9.83. The van der Waals surface area contributed by atoms with Crippen LogP contribution in [0, 0.1) is 0 Å². The van der Waals surface area contributed by atoms with Gasteiger partial charge in [-0.25, -0.2) is 0 Å². The molecule has 1 amide bonds. The molecule has 1 aliphatic rings. The molecule has 112 valence electrons. The number of fused-ring (bicyclic) bond motifs is 3. The molecule has 0 spiro atoms. The van der Waals surface area contributed by atoms with E-state index in [1.54, 1.807) is 0 Å². The number of nitrogens with zero attached hydrogens (tertiary/aromatic N) is 1. The molecule has 5 rings (SSSR count). The van der Waals surface area contributed by atoms with Crippen LogP contribution in [0.5, 0.6) is 0 Å². The van der Waals surface area contributed by atoms with Crippen LogP contribution >= 0.6 is 0 Å². The van der Waals surface area contributed by atoms with Crippen molar-refractivity contribution in [1.82, 2.24) is 15.2 Å². The molecule has 5 nitrogen and oxygen atoms in total. The third kappa shape index (κ3) is 1.80. The molecule has 0 unspecified atom stereocenters. The molecule has 23 heavy (non-hydrogen) atoms. The molecule has 0 saturated heterocycles. The predicted octanol–water partition coefficient (Wildman–Crippen LogP) is 3.52. The van der Waals surface area contributed by atoms with E-state index in [0.29, 0.717) is 6.42 Å². The van der Waals surface area contributed by atoms with Gasteiger partial charge in [0, 0.05) is 40.5 Å². The van der Waals surface area contributed by atoms with Crippen molar-refractivity contribution in [3.8, 4) is 0 Å². The van der Waals surface area contributed by atoms with Crippen LogP contribution in [0.25, 0.3) is 21.8 Å². The number of aromatic amines is 2. The highest BCUT2D eigenvalue weighted by Gasteiger charge is 2.28. The molecule has 0 aliphatic carbocycles. The molecule has 4 aromatic rings. The van der Waals surface area contributed by atoms with E-state index >= 15 is 0 Å². The van der Waals surface area contributed by atoms with Crippen molar-refractivity contribution in [2.45, 2.75) is 12.3 Å². The van der Waals surface area contributed by atoms with Gasteiger partial charge in [0.2, 0.25) is 5.91 Å². The lowest BCUT2D eigenvalue weighted by Gasteiger charge is -2.26. The smallest absolute Gasteiger partial charge is 0.225 e. The minimum absolute atomic E-state index is 0.0499. The molecule has 1 atom stereocenters. The fraction of sp³-hybridized carbons (Fsp3) is 0.111. The number of H-pyrrole nitrogens is 2. The van der Waals surface area contributed by atoms with Crippen molar-refractivity contribution < 1.29 is 4.79 Å². The summed E-state index contributed by atoms with van der Waals surface area (Å²) in [6.07, 6.45) is 4.22. The Morgan fingerprint density at radius 2 is 2.04 bits per heavy atom. The average molecular weight is 302 g/mol. The summed E-state index contributed by atoms with van der Waals surface area (Å²) in [7, 11) is 0. The summed E-state index contributed by atoms with van der Waals surface area (Å²) in [4.78, 5) is 15.5. The van der Waals surface area contributed by atoms with Crippen LogP contribution in [-0.2, 0) is 4.79 Å². The first-order chi connectivity index (χ1) is 11.3. The Kier molecular flexibility index (Phi) is 2.42. The zero-order valence-corrected chi connectivity index (χ0v) is 12.3. The number of benzene rings is 2. The zero-order chi connectivity index (χ0) is 15.4. The van der Waals surface area contributed by atoms with E-state index in [4.69, 9.17) is 0 Å². The first-order valence-electron chi connectivity index (χ1n) is 7.62. The number of hydrogen-bond acceptors (Lipinski definition) is 2. The summed E-state index contributed by atoms with van der Waals surface area (Å²) in [6, 6.07) is 12.4. The maximum absolute atomic E-state index is 12.2. The molecule has 0 radical (unpaired) electrons. The van der Waals surface area contributed by atoms with Crippen molar-refractivity contribution in [1.29, 1.82) is 0 Å². The minimum atomic E-state index is 0.0499. The van der Waals surface area contributed by atoms with Crippen molar-refractivity contribution >= 4 is 33.4 Å². The topological polar surface area (TPSA) is 73.6 Å². The summed E-state index contributed by atoms with van der Waals surface area (Å²) in [6.45, 7) is 0. The van der Waals surface area contributed by atoms with Gasteiger partial charge in [-0.1, -0.05) is 12.1 Å². The summed E-state index contributed by atoms with van der Waals surface area (Å²) >= 11 is 0. The molecular formula is C18H14N4O. The fourth-order valence-electron chi connectivity index (χ4n) is 3.59. The number of hydrogen-bond donors (Lipinski definition) is 3. The lowest BCUT2D eigenvalue weighted by molar-refractivity contribution is -0.116. The van der Waals surface area contributed by atoms with Crippen LogP contribution < -0.4 is 5.32 Å². The van der Waals surface area contributed by atoms with Gasteiger partial charge in [0.05, 0.1) is 11.7 Å². The second-order valence-electron chi connectivity index (χ2n) is 5.99. The molecule has 5 heteroatoms. The van der Waals surface area contributed by atoms with Gasteiger partial charge < -0.3 is 10.3 Å². The van der Waals surface area contributed by atoms with Gasteiger partial charge in [0.1, 0.15) is 0 Å². The third-order valence-corrected chi connectivity index (χ3v) is 4.65. The average Bonchev–Trinajstić information content (AvgIpc) is 3.20. The zero-order valence-electron chi connectivity index (χ0n) is 12.3. The van der Waals surface area contributed by atoms with Crippen LogP contribution in [0.3, 0.4) is 0 Å². The number of carbonyl (C=O) groups is 1. The number of anilines is 1. The Balaban J connectivity index is 1.78. The molecular weight excluding hydrogens is 288 g/mol. The molecule has 1 aliphatic heterocycles. The van der Waals surface area contributed by atoms with E-state index in [0.717, 1.165) is 27.7 Å². The van der Waals surface area contributed by atoms with Crippen LogP contribution in [0.4, 0.5) is 5.69 Å². The lowest BCUT2D eigenvalue weighted by Crippen LogP contribution is -2.23. The minimum Gasteiger partial charge on any atom is -0.361 e. The first-order valence-corrected chi connectivity index (χ1v) is 7.62. The van der Waals surface area contributed by atoms with Crippen molar-refractivity contribution in [2.24, 2.45) is 0 Å². The Labute approximate surface area is 131 Å². The molecule has 0 fully saturated rings. The normalized spacial score (nSPS) is 17.4. The maximum Gasteiger partial charge on any atom is 0.225 e. The summed E-state index contributed by atoms with van der Waals surface area (Å²) in [5.74, 6) is 0.103. The monoisotopic (exact) mass is 302 g/mol. The van der Waals surface area contributed by atoms with Crippen LogP contribution in [0.15, 0.2) is 48.8 Å². The van der Waals surface area contributed by atoms with E-state index in [9.17, 15) is 4.79 Å². The summed E-state index contributed by atoms with van der Waals surface area (Å²) in [5.41, 5.74) is 5.23. The van der Waals surface area contributed by atoms with E-state index < -0.39 is 0 Å². The largest absolute Gasteiger partial charge is 0.361 e. The van der Waals surface area contributed by atoms with Crippen molar-refractivity contribution in [3.63, 3.8) is 0 Å². The summed E-state index contributed by atoms with van der Waals surface area (Å²) in [5, 5.41) is 12.3. The van der Waals surface area contributed by atoms with Gasteiger partial charge in [0.25, 0.3) is 0 Å². The second kappa shape index (κ2) is 4.46. The van der Waals surface area contributed by atoms with Crippen molar-refractivity contribution in [2.75, 3.05) is 5.32 Å². The molecule has 2 aromatic carbocycles. The molecule has 0 bridgehead atoms. The highest BCUT2D eigenvalue weighted by molar-refractivity contribution is 5.99. The predicted molar refractivity (Wildman–Crippen MR) is 89.5 cm³/mol. The van der Waals surface area contributed by atoms with Gasteiger partial charge in [-0.2, -0.15) is 5.10 Å². The number of amides is 1. The Hall–Kier alpha value is -3.08. The SMILES string of the molecule is O=C1C[C@H](c2cccc3[nH]ccc23)c2cc3cn[nH]c3cc2N1. The number of carbonyl (C=O) groups excluding carboxylic acids is 1. The van der Waals surface area contributed by atoms with E-state index in [1.807, 2.05) is 24.5 Å². The van der Waals surface area contributed by atoms with Gasteiger partial charge in [-0.05, 0) is 35.4 Å². The van der Waals surface area contributed by atoms with E-state index in [2.05, 4.69) is 44.8 Å². The Morgan fingerprint density at radius 3 is 3.00 bits per heavy atom. The van der Waals surface area contributed by atoms with Crippen molar-refractivity contribution in [3.05, 3.63) is 59.9 Å². The highest BCUT2D eigenvalue weighted by atomic mass is 16.1. The first kappa shape index (κ1) is 12.5. The van der Waals surface area contributed by atoms with Gasteiger partial charge in [-0.15, -0.1) is 0 Å². The van der Waals surface area contributed by atoms with Crippen LogP contribution in [-0.4, -0.2) is 21.1 Å². The number of aromatic nitrogens is 3. The quantitative estimate of drug-likeness (QED) is 0.503. The fourth-order valence-corrected chi connectivity index (χ4v) is 3.59. The van der Waals surface area contributed by atoms with Gasteiger partial charge in [-0.3, -0.25) is 9.89 Å². The maximum atomic E-state index is 12.2. The Bertz CT molecular complexity index is 1060. The number of rotatable bonds is 1. The van der Waals surface area contributed by atoms with Gasteiger partial charge in [0.15, 0.2) is 0 Å². The molecule has 2 aromatic heterocycles. The van der Waals surface area contributed by atoms with Gasteiger partial charge >= 0.3 is 0 Å². The Morgan fingerprint density at radius 1 is 1.09 bits per heavy atom. The molecule has 3 N–H and O–H groups in total. The summed E-state index contributed by atoms with van der Waals surface area (Å²) < 4.78 is 0. The van der Waals surface area contributed by atoms with E-state index in [1.165, 1.54) is 10.9 Å². The second-order valence-corrected chi connectivity index (χ2v) is 5.99. The standard InChI is InChI=1S/C18H14N4O/c23-18-7-13(11-2-1-3-15-12(11)4-5-19-15)14-6-10-9-20-22-16(10)8-17(14)21-18/h1-6,8-9,13,19H,7H2,(H,20,22)(H,21,23)/t13-/m1/s1. The number of nitrogens with one attached hydrogen (secondary N) is 3. The third-order valence-electron chi connectivity index (χ3n) is 4.65. The van der Waals surface area contributed by atoms with E-state index in [-0.39, 0.29) is 11.8 Å². The molecule has 0 saturated carbocycles. The van der Waals surface area contributed by atoms with Crippen LogP contribution in [0.2, 0.25) is 0 Å². The van der Waals surface area contributed by atoms with Crippen LogP contribution in [0.1, 0.15) is 23.5 Å². The highest BCUT2D eigenvalue weighted by Crippen LogP contribution is 2.41. The molecule has 3 heterocycles.